The van der Waals surface area contributed by atoms with Crippen LogP contribution in [0.5, 0.6) is 0 Å². The van der Waals surface area contributed by atoms with Gasteiger partial charge in [0.15, 0.2) is 0 Å². The molecule has 3 aliphatic rings. The summed E-state index contributed by atoms with van der Waals surface area (Å²) >= 11 is 0. The molecule has 2 heteroatoms. The van der Waals surface area contributed by atoms with Crippen LogP contribution in [0.15, 0.2) is 24.3 Å². The number of fused-ring (bicyclic) bond motifs is 2. The summed E-state index contributed by atoms with van der Waals surface area (Å²) in [7, 11) is 0. The van der Waals surface area contributed by atoms with Gasteiger partial charge in [-0.25, -0.2) is 0 Å². The fraction of sp³-hybridized carbons (Fsp3) is 0.714. The number of aryl methyl sites for hydroxylation is 1. The second-order valence-corrected chi connectivity index (χ2v) is 8.44. The van der Waals surface area contributed by atoms with Gasteiger partial charge in [-0.15, -0.1) is 0 Å². The Morgan fingerprint density at radius 1 is 1.09 bits per heavy atom. The van der Waals surface area contributed by atoms with Gasteiger partial charge in [0.2, 0.25) is 0 Å². The van der Waals surface area contributed by atoms with E-state index in [0.717, 1.165) is 49.9 Å². The quantitative estimate of drug-likeness (QED) is 0.748. The number of benzene rings is 1. The first-order valence-electron chi connectivity index (χ1n) is 9.48. The molecule has 0 aliphatic heterocycles. The lowest BCUT2D eigenvalue weighted by Gasteiger charge is -2.62. The summed E-state index contributed by atoms with van der Waals surface area (Å²) in [6, 6.07) is 9.44. The summed E-state index contributed by atoms with van der Waals surface area (Å²) in [6.45, 7) is 12.9. The second-order valence-electron chi connectivity index (χ2n) is 8.44. The molecule has 4 unspecified atom stereocenters. The fourth-order valence-corrected chi connectivity index (χ4v) is 5.00. The molecule has 0 saturated heterocycles. The van der Waals surface area contributed by atoms with Gasteiger partial charge < -0.3 is 10.6 Å². The highest BCUT2D eigenvalue weighted by Crippen LogP contribution is 2.61. The molecule has 0 heterocycles. The van der Waals surface area contributed by atoms with Gasteiger partial charge in [-0.05, 0) is 67.0 Å². The van der Waals surface area contributed by atoms with Gasteiger partial charge in [0.1, 0.15) is 0 Å². The van der Waals surface area contributed by atoms with Crippen molar-refractivity contribution >= 4 is 0 Å². The smallest absolute Gasteiger partial charge is 0.00989 e. The summed E-state index contributed by atoms with van der Waals surface area (Å²) in [5, 5.41) is 7.41. The van der Waals surface area contributed by atoms with Crippen molar-refractivity contribution in [1.82, 2.24) is 10.6 Å². The van der Waals surface area contributed by atoms with E-state index in [1.165, 1.54) is 24.0 Å². The molecule has 1 aromatic rings. The Morgan fingerprint density at radius 2 is 1.87 bits per heavy atom. The van der Waals surface area contributed by atoms with E-state index in [1.54, 1.807) is 0 Å². The molecule has 2 bridgehead atoms. The van der Waals surface area contributed by atoms with E-state index in [4.69, 9.17) is 0 Å². The van der Waals surface area contributed by atoms with Crippen molar-refractivity contribution in [2.75, 3.05) is 19.6 Å². The van der Waals surface area contributed by atoms with E-state index < -0.39 is 0 Å². The van der Waals surface area contributed by atoms with Gasteiger partial charge in [0.25, 0.3) is 0 Å². The molecule has 4 rings (SSSR count). The monoisotopic (exact) mass is 314 g/mol. The zero-order valence-corrected chi connectivity index (χ0v) is 15.4. The number of nitrogens with one attached hydrogen (secondary N) is 2. The Bertz CT molecular complexity index is 522. The van der Waals surface area contributed by atoms with Crippen molar-refractivity contribution in [3.05, 3.63) is 35.4 Å². The molecule has 0 aromatic heterocycles. The van der Waals surface area contributed by atoms with Gasteiger partial charge >= 0.3 is 0 Å². The van der Waals surface area contributed by atoms with Crippen LogP contribution in [0.1, 0.15) is 44.7 Å². The van der Waals surface area contributed by atoms with Crippen molar-refractivity contribution < 1.29 is 0 Å². The van der Waals surface area contributed by atoms with E-state index in [-0.39, 0.29) is 0 Å². The van der Waals surface area contributed by atoms with E-state index in [1.807, 2.05) is 0 Å². The first kappa shape index (κ1) is 17.0. The molecule has 0 spiro atoms. The van der Waals surface area contributed by atoms with Gasteiger partial charge in [-0.2, -0.15) is 0 Å². The minimum absolute atomic E-state index is 0.601. The maximum Gasteiger partial charge on any atom is 0.00989 e. The van der Waals surface area contributed by atoms with Crippen LogP contribution in [0.4, 0.5) is 0 Å². The van der Waals surface area contributed by atoms with Crippen LogP contribution in [-0.2, 0) is 6.42 Å². The average Bonchev–Trinajstić information content (AvgIpc) is 2.53. The zero-order valence-electron chi connectivity index (χ0n) is 15.4. The molecule has 3 saturated carbocycles. The molecule has 2 nitrogen and oxygen atoms in total. The number of rotatable bonds is 7. The summed E-state index contributed by atoms with van der Waals surface area (Å²) in [5.74, 6) is 2.73. The minimum atomic E-state index is 0.601. The first-order chi connectivity index (χ1) is 11.0. The minimum Gasteiger partial charge on any atom is -0.315 e. The number of hydrogen-bond acceptors (Lipinski definition) is 2. The van der Waals surface area contributed by atoms with Crippen LogP contribution in [-0.4, -0.2) is 25.7 Å². The van der Waals surface area contributed by atoms with Crippen LogP contribution in [0.25, 0.3) is 0 Å². The van der Waals surface area contributed by atoms with Gasteiger partial charge in [-0.3, -0.25) is 0 Å². The first-order valence-corrected chi connectivity index (χ1v) is 9.48. The Kier molecular flexibility index (Phi) is 5.13. The van der Waals surface area contributed by atoms with Crippen LogP contribution in [0.2, 0.25) is 0 Å². The fourth-order valence-electron chi connectivity index (χ4n) is 5.00. The van der Waals surface area contributed by atoms with Gasteiger partial charge in [0, 0.05) is 19.1 Å². The van der Waals surface area contributed by atoms with Crippen LogP contribution < -0.4 is 10.6 Å². The molecule has 1 aromatic carbocycles. The van der Waals surface area contributed by atoms with Crippen molar-refractivity contribution in [3.63, 3.8) is 0 Å². The summed E-state index contributed by atoms with van der Waals surface area (Å²) in [4.78, 5) is 0. The molecule has 2 N–H and O–H groups in total. The van der Waals surface area contributed by atoms with Gasteiger partial charge in [-0.1, -0.05) is 45.0 Å². The summed E-state index contributed by atoms with van der Waals surface area (Å²) in [6.07, 6.45) is 3.99. The third-order valence-electron chi connectivity index (χ3n) is 6.89. The molecular formula is C21H34N2. The lowest BCUT2D eigenvalue weighted by Crippen LogP contribution is -2.60. The lowest BCUT2D eigenvalue weighted by atomic mass is 9.45. The SMILES string of the molecule is Cc1ccccc1CCNCCNC1CC2CC(C1C)C2(C)C. The molecule has 3 aliphatic carbocycles. The molecule has 128 valence electrons. The topological polar surface area (TPSA) is 24.1 Å². The predicted molar refractivity (Wildman–Crippen MR) is 98.7 cm³/mol. The van der Waals surface area contributed by atoms with Crippen LogP contribution >= 0.6 is 0 Å². The van der Waals surface area contributed by atoms with E-state index in [0.29, 0.717) is 5.41 Å². The third-order valence-corrected chi connectivity index (χ3v) is 6.89. The van der Waals surface area contributed by atoms with Crippen LogP contribution in [0, 0.1) is 30.1 Å². The van der Waals surface area contributed by atoms with Crippen molar-refractivity contribution in [2.45, 2.75) is 53.0 Å². The Labute approximate surface area is 142 Å². The third kappa shape index (κ3) is 3.49. The van der Waals surface area contributed by atoms with Crippen molar-refractivity contribution in [1.29, 1.82) is 0 Å². The Morgan fingerprint density at radius 3 is 2.57 bits per heavy atom. The molecule has 23 heavy (non-hydrogen) atoms. The van der Waals surface area contributed by atoms with Crippen LogP contribution in [0.3, 0.4) is 0 Å². The van der Waals surface area contributed by atoms with Crippen molar-refractivity contribution in [2.24, 2.45) is 23.2 Å². The second kappa shape index (κ2) is 6.94. The molecule has 4 atom stereocenters. The molecular weight excluding hydrogens is 280 g/mol. The average molecular weight is 315 g/mol. The normalized spacial score (nSPS) is 31.7. The highest BCUT2D eigenvalue weighted by molar-refractivity contribution is 5.25. The highest BCUT2D eigenvalue weighted by Gasteiger charge is 2.55. The Hall–Kier alpha value is -0.860. The van der Waals surface area contributed by atoms with E-state index in [9.17, 15) is 0 Å². The van der Waals surface area contributed by atoms with E-state index in [2.05, 4.69) is 62.6 Å². The Balaban J connectivity index is 1.31. The maximum absolute atomic E-state index is 3.82. The zero-order chi connectivity index (χ0) is 16.4. The number of hydrogen-bond donors (Lipinski definition) is 2. The maximum atomic E-state index is 3.82. The predicted octanol–water partition coefficient (Wildman–Crippen LogP) is 3.79. The van der Waals surface area contributed by atoms with Gasteiger partial charge in [0.05, 0.1) is 0 Å². The van der Waals surface area contributed by atoms with Crippen molar-refractivity contribution in [3.8, 4) is 0 Å². The largest absolute Gasteiger partial charge is 0.315 e. The van der Waals surface area contributed by atoms with E-state index >= 15 is 0 Å². The molecule has 0 amide bonds. The lowest BCUT2D eigenvalue weighted by molar-refractivity contribution is -0.114. The molecule has 0 radical (unpaired) electrons. The summed E-state index contributed by atoms with van der Waals surface area (Å²) in [5.41, 5.74) is 3.48. The highest BCUT2D eigenvalue weighted by atomic mass is 15.0. The standard InChI is InChI=1S/C21H34N2/c1-15-7-5-6-8-17(15)9-10-22-11-12-23-20-14-18-13-19(16(20)2)21(18,3)4/h5-8,16,18-20,22-23H,9-14H2,1-4H3. The summed E-state index contributed by atoms with van der Waals surface area (Å²) < 4.78 is 0. The molecule has 3 fully saturated rings.